The maximum atomic E-state index is 10.7. The fourth-order valence-corrected chi connectivity index (χ4v) is 1.43. The average molecular weight is 234 g/mol. The third kappa shape index (κ3) is 2.05. The number of ether oxygens (including phenoxy) is 1. The Kier molecular flexibility index (Phi) is 2.70. The van der Waals surface area contributed by atoms with Crippen LogP contribution in [0.3, 0.4) is 0 Å². The zero-order chi connectivity index (χ0) is 12.4. The predicted molar refractivity (Wildman–Crippen MR) is 59.2 cm³/mol. The van der Waals surface area contributed by atoms with Crippen LogP contribution in [0.1, 0.15) is 10.5 Å². The lowest BCUT2D eigenvalue weighted by molar-refractivity contribution is 0.0690. The minimum atomic E-state index is -1.08. The molecule has 17 heavy (non-hydrogen) atoms. The molecule has 1 aromatic heterocycles. The number of aromatic hydroxyl groups is 1. The summed E-state index contributed by atoms with van der Waals surface area (Å²) < 4.78 is 4.91. The minimum Gasteiger partial charge on any atom is -0.504 e. The number of H-pyrrole nitrogens is 1. The first kappa shape index (κ1) is 11.0. The lowest BCUT2D eigenvalue weighted by atomic mass is 10.1. The van der Waals surface area contributed by atoms with Crippen LogP contribution < -0.4 is 4.74 Å². The molecule has 1 aromatic carbocycles. The number of aromatic carboxylic acids is 1. The van der Waals surface area contributed by atoms with E-state index in [1.807, 2.05) is 0 Å². The summed E-state index contributed by atoms with van der Waals surface area (Å²) in [5.41, 5.74) is 1.04. The highest BCUT2D eigenvalue weighted by atomic mass is 16.5. The van der Waals surface area contributed by atoms with Crippen molar-refractivity contribution < 1.29 is 19.7 Å². The van der Waals surface area contributed by atoms with Crippen molar-refractivity contribution in [1.29, 1.82) is 0 Å². The quantitative estimate of drug-likeness (QED) is 0.747. The maximum absolute atomic E-state index is 10.7. The second-order valence-corrected chi connectivity index (χ2v) is 3.36. The summed E-state index contributed by atoms with van der Waals surface area (Å²) in [5, 5.41) is 24.6. The van der Waals surface area contributed by atoms with Crippen LogP contribution in [-0.4, -0.2) is 33.5 Å². The monoisotopic (exact) mass is 234 g/mol. The molecule has 88 valence electrons. The Bertz CT molecular complexity index is 562. The van der Waals surface area contributed by atoms with E-state index in [1.165, 1.54) is 19.2 Å². The van der Waals surface area contributed by atoms with Gasteiger partial charge in [-0.05, 0) is 24.3 Å². The summed E-state index contributed by atoms with van der Waals surface area (Å²) >= 11 is 0. The number of carboxylic acid groups (broad SMARTS) is 1. The van der Waals surface area contributed by atoms with Gasteiger partial charge < -0.3 is 14.9 Å². The van der Waals surface area contributed by atoms with E-state index in [4.69, 9.17) is 9.84 Å². The molecule has 0 spiro atoms. The van der Waals surface area contributed by atoms with E-state index >= 15 is 0 Å². The molecule has 0 aliphatic heterocycles. The van der Waals surface area contributed by atoms with Crippen molar-refractivity contribution in [3.05, 3.63) is 30.0 Å². The van der Waals surface area contributed by atoms with Gasteiger partial charge >= 0.3 is 5.97 Å². The van der Waals surface area contributed by atoms with Crippen molar-refractivity contribution in [2.75, 3.05) is 7.11 Å². The molecule has 0 atom stereocenters. The lowest BCUT2D eigenvalue weighted by Crippen LogP contribution is -1.95. The summed E-state index contributed by atoms with van der Waals surface area (Å²) in [6.07, 6.45) is 0. The molecule has 0 bridgehead atoms. The number of methoxy groups -OCH3 is 1. The molecule has 0 unspecified atom stereocenters. The van der Waals surface area contributed by atoms with Crippen molar-refractivity contribution in [2.45, 2.75) is 0 Å². The third-order valence-electron chi connectivity index (χ3n) is 2.28. The second kappa shape index (κ2) is 4.17. The Morgan fingerprint density at radius 2 is 2.18 bits per heavy atom. The van der Waals surface area contributed by atoms with Crippen LogP contribution in [0.2, 0.25) is 0 Å². The average Bonchev–Trinajstić information content (AvgIpc) is 2.78. The molecule has 3 N–H and O–H groups in total. The Morgan fingerprint density at radius 3 is 2.71 bits per heavy atom. The van der Waals surface area contributed by atoms with Crippen molar-refractivity contribution >= 4 is 5.97 Å². The molecule has 0 aliphatic carbocycles. The first-order valence-electron chi connectivity index (χ1n) is 4.78. The number of phenolic OH excluding ortho intramolecular Hbond substituents is 1. The van der Waals surface area contributed by atoms with Gasteiger partial charge in [-0.3, -0.25) is 5.10 Å². The van der Waals surface area contributed by atoms with E-state index < -0.39 is 5.97 Å². The molecule has 0 saturated heterocycles. The highest BCUT2D eigenvalue weighted by Gasteiger charge is 2.10. The smallest absolute Gasteiger partial charge is 0.353 e. The van der Waals surface area contributed by atoms with Crippen LogP contribution in [0.15, 0.2) is 24.3 Å². The number of nitrogens with one attached hydrogen (secondary N) is 1. The minimum absolute atomic E-state index is 0.00434. The van der Waals surface area contributed by atoms with Gasteiger partial charge in [-0.15, -0.1) is 0 Å². The summed E-state index contributed by atoms with van der Waals surface area (Å²) in [7, 11) is 1.45. The molecule has 2 rings (SSSR count). The number of carboxylic acids is 1. The molecule has 0 radical (unpaired) electrons. The zero-order valence-electron chi connectivity index (χ0n) is 8.97. The van der Waals surface area contributed by atoms with Gasteiger partial charge in [0.25, 0.3) is 0 Å². The van der Waals surface area contributed by atoms with Crippen molar-refractivity contribution in [3.63, 3.8) is 0 Å². The Morgan fingerprint density at radius 1 is 1.41 bits per heavy atom. The van der Waals surface area contributed by atoms with E-state index in [1.54, 1.807) is 12.1 Å². The highest BCUT2D eigenvalue weighted by molar-refractivity contribution is 5.86. The van der Waals surface area contributed by atoms with Gasteiger partial charge in [0.1, 0.15) is 5.69 Å². The lowest BCUT2D eigenvalue weighted by Gasteiger charge is -2.03. The molecule has 2 aromatic rings. The Balaban J connectivity index is 2.39. The molecule has 0 amide bonds. The van der Waals surface area contributed by atoms with E-state index in [9.17, 15) is 9.90 Å². The number of aromatic amines is 1. The van der Waals surface area contributed by atoms with Gasteiger partial charge in [0.15, 0.2) is 11.5 Å². The van der Waals surface area contributed by atoms with Crippen molar-refractivity contribution in [3.8, 4) is 22.8 Å². The second-order valence-electron chi connectivity index (χ2n) is 3.36. The van der Waals surface area contributed by atoms with Crippen LogP contribution in [-0.2, 0) is 0 Å². The zero-order valence-corrected chi connectivity index (χ0v) is 8.97. The number of aromatic nitrogens is 2. The fraction of sp³-hybridized carbons (Fsp3) is 0.0909. The molecular weight excluding hydrogens is 224 g/mol. The van der Waals surface area contributed by atoms with Crippen LogP contribution >= 0.6 is 0 Å². The van der Waals surface area contributed by atoms with Gasteiger partial charge in [0.05, 0.1) is 12.8 Å². The Labute approximate surface area is 96.5 Å². The number of nitrogens with zero attached hydrogens (tertiary/aromatic N) is 1. The first-order chi connectivity index (χ1) is 8.11. The fourth-order valence-electron chi connectivity index (χ4n) is 1.43. The Hall–Kier alpha value is -2.50. The molecule has 6 nitrogen and oxygen atoms in total. The van der Waals surface area contributed by atoms with E-state index in [0.29, 0.717) is 17.0 Å². The molecule has 0 fully saturated rings. The number of rotatable bonds is 3. The van der Waals surface area contributed by atoms with E-state index in [0.717, 1.165) is 0 Å². The summed E-state index contributed by atoms with van der Waals surface area (Å²) in [6.45, 7) is 0. The van der Waals surface area contributed by atoms with E-state index in [-0.39, 0.29) is 11.4 Å². The number of carbonyl (C=O) groups is 1. The number of benzene rings is 1. The SMILES string of the molecule is COc1ccc(-c2cc(C(=O)O)[nH]n2)cc1O. The van der Waals surface area contributed by atoms with Gasteiger partial charge in [-0.2, -0.15) is 5.10 Å². The first-order valence-corrected chi connectivity index (χ1v) is 4.78. The number of hydrogen-bond donors (Lipinski definition) is 3. The van der Waals surface area contributed by atoms with Gasteiger partial charge in [-0.1, -0.05) is 0 Å². The van der Waals surface area contributed by atoms with Gasteiger partial charge in [0, 0.05) is 5.56 Å². The summed E-state index contributed by atoms with van der Waals surface area (Å²) in [5.74, 6) is -0.755. The molecule has 0 aliphatic rings. The number of phenols is 1. The van der Waals surface area contributed by atoms with Crippen molar-refractivity contribution in [2.24, 2.45) is 0 Å². The number of hydrogen-bond acceptors (Lipinski definition) is 4. The van der Waals surface area contributed by atoms with Gasteiger partial charge in [-0.25, -0.2) is 4.79 Å². The van der Waals surface area contributed by atoms with Crippen LogP contribution in [0.25, 0.3) is 11.3 Å². The summed E-state index contributed by atoms with van der Waals surface area (Å²) in [6, 6.07) is 6.12. The molecule has 1 heterocycles. The third-order valence-corrected chi connectivity index (χ3v) is 2.28. The predicted octanol–water partition coefficient (Wildman–Crippen LogP) is 1.49. The van der Waals surface area contributed by atoms with Crippen LogP contribution in [0, 0.1) is 0 Å². The van der Waals surface area contributed by atoms with Crippen LogP contribution in [0.4, 0.5) is 0 Å². The van der Waals surface area contributed by atoms with Crippen molar-refractivity contribution in [1.82, 2.24) is 10.2 Å². The maximum Gasteiger partial charge on any atom is 0.353 e. The largest absolute Gasteiger partial charge is 0.504 e. The molecule has 0 saturated carbocycles. The standard InChI is InChI=1S/C11H10N2O4/c1-17-10-3-2-6(4-9(10)14)7-5-8(11(15)16)13-12-7/h2-5,14H,1H3,(H,12,13)(H,15,16). The highest BCUT2D eigenvalue weighted by Crippen LogP contribution is 2.30. The van der Waals surface area contributed by atoms with E-state index in [2.05, 4.69) is 10.2 Å². The molecular formula is C11H10N2O4. The summed E-state index contributed by atoms with van der Waals surface area (Å²) in [4.78, 5) is 10.7. The van der Waals surface area contributed by atoms with Gasteiger partial charge in [0.2, 0.25) is 0 Å². The topological polar surface area (TPSA) is 95.4 Å². The normalized spacial score (nSPS) is 10.2. The van der Waals surface area contributed by atoms with Crippen LogP contribution in [0.5, 0.6) is 11.5 Å². The molecule has 6 heteroatoms.